The summed E-state index contributed by atoms with van der Waals surface area (Å²) in [6, 6.07) is 0.504. The van der Waals surface area contributed by atoms with Gasteiger partial charge in [-0.15, -0.1) is 0 Å². The van der Waals surface area contributed by atoms with Crippen LogP contribution in [0.25, 0.3) is 0 Å². The molecule has 1 aromatic heterocycles. The van der Waals surface area contributed by atoms with Crippen molar-refractivity contribution in [1.82, 2.24) is 10.3 Å². The molecule has 2 aliphatic carbocycles. The minimum absolute atomic E-state index is 0.0315. The molecule has 0 bridgehead atoms. The molecule has 1 aliphatic heterocycles. The maximum atomic E-state index is 13.4. The van der Waals surface area contributed by atoms with Gasteiger partial charge in [0.2, 0.25) is 6.79 Å². The lowest BCUT2D eigenvalue weighted by atomic mass is 10.0. The number of rotatable bonds is 11. The standard InChI is InChI=1S/C30H42N2O10/c1-17(2)28(34)39-16-38-26-22(37-4)14-15-31-24(26)27(33)32-21-10-7-11-23(41-20-8-5-6-9-20)25(18(3)40-30(21)36)42-29(35)19-12-13-19/h14-15,17-21,23,25H,5-13,16H2,1-4H3,(H,32,33). The summed E-state index contributed by atoms with van der Waals surface area (Å²) in [5, 5.41) is 2.71. The van der Waals surface area contributed by atoms with E-state index in [0.29, 0.717) is 12.8 Å². The van der Waals surface area contributed by atoms with Gasteiger partial charge in [0, 0.05) is 12.3 Å². The van der Waals surface area contributed by atoms with Crippen molar-refractivity contribution < 1.29 is 47.6 Å². The van der Waals surface area contributed by atoms with Crippen LogP contribution in [0.3, 0.4) is 0 Å². The minimum atomic E-state index is -0.996. The fraction of sp³-hybridized carbons (Fsp3) is 0.700. The summed E-state index contributed by atoms with van der Waals surface area (Å²) in [6.07, 6.45) is 6.47. The Hall–Kier alpha value is -3.41. The summed E-state index contributed by atoms with van der Waals surface area (Å²) in [6.45, 7) is 4.61. The number of methoxy groups -OCH3 is 1. The molecule has 42 heavy (non-hydrogen) atoms. The van der Waals surface area contributed by atoms with Gasteiger partial charge in [-0.2, -0.15) is 0 Å². The third-order valence-electron chi connectivity index (χ3n) is 7.71. The molecule has 3 aliphatic rings. The van der Waals surface area contributed by atoms with Crippen LogP contribution in [0.1, 0.15) is 89.0 Å². The summed E-state index contributed by atoms with van der Waals surface area (Å²) in [7, 11) is 1.40. The zero-order chi connectivity index (χ0) is 30.2. The second kappa shape index (κ2) is 14.7. The van der Waals surface area contributed by atoms with Gasteiger partial charge in [0.25, 0.3) is 5.91 Å². The van der Waals surface area contributed by atoms with Crippen LogP contribution in [0.4, 0.5) is 0 Å². The molecule has 0 aromatic carbocycles. The fourth-order valence-corrected chi connectivity index (χ4v) is 5.14. The summed E-state index contributed by atoms with van der Waals surface area (Å²) >= 11 is 0. The average molecular weight is 591 g/mol. The van der Waals surface area contributed by atoms with Crippen LogP contribution in [-0.2, 0) is 33.3 Å². The molecule has 1 aromatic rings. The van der Waals surface area contributed by atoms with Gasteiger partial charge in [0.15, 0.2) is 23.3 Å². The second-order valence-corrected chi connectivity index (χ2v) is 11.4. The molecule has 4 rings (SSSR count). The summed E-state index contributed by atoms with van der Waals surface area (Å²) in [5.74, 6) is -2.40. The predicted octanol–water partition coefficient (Wildman–Crippen LogP) is 3.49. The molecule has 12 nitrogen and oxygen atoms in total. The molecule has 4 unspecified atom stereocenters. The first kappa shape index (κ1) is 31.5. The van der Waals surface area contributed by atoms with E-state index in [1.807, 2.05) is 0 Å². The Morgan fingerprint density at radius 3 is 2.48 bits per heavy atom. The molecule has 1 saturated heterocycles. The van der Waals surface area contributed by atoms with Crippen molar-refractivity contribution in [1.29, 1.82) is 0 Å². The highest BCUT2D eigenvalue weighted by Crippen LogP contribution is 2.34. The van der Waals surface area contributed by atoms with Crippen LogP contribution in [0, 0.1) is 11.8 Å². The van der Waals surface area contributed by atoms with E-state index in [1.165, 1.54) is 19.4 Å². The number of hydrogen-bond donors (Lipinski definition) is 1. The lowest BCUT2D eigenvalue weighted by molar-refractivity contribution is -0.184. The van der Waals surface area contributed by atoms with Gasteiger partial charge in [-0.05, 0) is 51.9 Å². The van der Waals surface area contributed by atoms with E-state index in [4.69, 9.17) is 28.4 Å². The molecule has 12 heteroatoms. The summed E-state index contributed by atoms with van der Waals surface area (Å²) in [5.41, 5.74) is -0.144. The van der Waals surface area contributed by atoms with E-state index in [2.05, 4.69) is 10.3 Å². The molecule has 0 radical (unpaired) electrons. The Kier molecular flexibility index (Phi) is 11.0. The number of carbonyl (C=O) groups is 4. The average Bonchev–Trinajstić information content (AvgIpc) is 3.69. The molecule has 2 heterocycles. The quantitative estimate of drug-likeness (QED) is 0.229. The first-order valence-corrected chi connectivity index (χ1v) is 14.9. The van der Waals surface area contributed by atoms with E-state index >= 15 is 0 Å². The molecule has 3 fully saturated rings. The number of carbonyl (C=O) groups excluding carboxylic acids is 4. The molecule has 2 saturated carbocycles. The number of ether oxygens (including phenoxy) is 6. The minimum Gasteiger partial charge on any atom is -0.493 e. The number of cyclic esters (lactones) is 1. The molecule has 0 spiro atoms. The Morgan fingerprint density at radius 1 is 1.07 bits per heavy atom. The molecular weight excluding hydrogens is 548 g/mol. The van der Waals surface area contributed by atoms with Gasteiger partial charge >= 0.3 is 17.9 Å². The van der Waals surface area contributed by atoms with Crippen LogP contribution in [0.5, 0.6) is 11.5 Å². The van der Waals surface area contributed by atoms with Gasteiger partial charge in [-0.25, -0.2) is 9.78 Å². The number of nitrogens with zero attached hydrogens (tertiary/aromatic N) is 1. The zero-order valence-corrected chi connectivity index (χ0v) is 24.8. The Morgan fingerprint density at radius 2 is 1.81 bits per heavy atom. The van der Waals surface area contributed by atoms with E-state index in [9.17, 15) is 19.2 Å². The van der Waals surface area contributed by atoms with Gasteiger partial charge in [-0.3, -0.25) is 14.4 Å². The van der Waals surface area contributed by atoms with Crippen LogP contribution in [0.2, 0.25) is 0 Å². The Bertz CT molecular complexity index is 1120. The van der Waals surface area contributed by atoms with Crippen LogP contribution < -0.4 is 14.8 Å². The van der Waals surface area contributed by atoms with E-state index in [-0.39, 0.29) is 47.5 Å². The smallest absolute Gasteiger partial charge is 0.329 e. The highest BCUT2D eigenvalue weighted by atomic mass is 16.7. The van der Waals surface area contributed by atoms with Gasteiger partial charge in [0.05, 0.1) is 31.2 Å². The highest BCUT2D eigenvalue weighted by molar-refractivity contribution is 5.98. The van der Waals surface area contributed by atoms with Crippen molar-refractivity contribution in [3.05, 3.63) is 18.0 Å². The van der Waals surface area contributed by atoms with Gasteiger partial charge < -0.3 is 33.7 Å². The topological polar surface area (TPSA) is 149 Å². The molecule has 232 valence electrons. The maximum absolute atomic E-state index is 13.4. The molecule has 1 N–H and O–H groups in total. The first-order chi connectivity index (χ1) is 20.2. The van der Waals surface area contributed by atoms with Gasteiger partial charge in [-0.1, -0.05) is 26.7 Å². The van der Waals surface area contributed by atoms with E-state index in [1.54, 1.807) is 20.8 Å². The van der Waals surface area contributed by atoms with Crippen LogP contribution in [0.15, 0.2) is 12.3 Å². The fourth-order valence-electron chi connectivity index (χ4n) is 5.14. The van der Waals surface area contributed by atoms with Crippen molar-refractivity contribution in [2.75, 3.05) is 13.9 Å². The van der Waals surface area contributed by atoms with Crippen molar-refractivity contribution in [3.63, 3.8) is 0 Å². The lowest BCUT2D eigenvalue weighted by Gasteiger charge is -2.32. The lowest BCUT2D eigenvalue weighted by Crippen LogP contribution is -2.47. The number of amides is 1. The predicted molar refractivity (Wildman–Crippen MR) is 148 cm³/mol. The first-order valence-electron chi connectivity index (χ1n) is 14.9. The number of pyridine rings is 1. The van der Waals surface area contributed by atoms with E-state index < -0.39 is 49.0 Å². The van der Waals surface area contributed by atoms with Crippen molar-refractivity contribution in [2.45, 2.75) is 109 Å². The molecular formula is C30H42N2O10. The molecule has 4 atom stereocenters. The van der Waals surface area contributed by atoms with E-state index in [0.717, 1.165) is 38.5 Å². The summed E-state index contributed by atoms with van der Waals surface area (Å²) in [4.78, 5) is 55.3. The zero-order valence-electron chi connectivity index (χ0n) is 24.8. The van der Waals surface area contributed by atoms with Gasteiger partial charge in [0.1, 0.15) is 12.1 Å². The SMILES string of the molecule is COc1ccnc(C(=O)NC2CCCC(OC3CCCC3)C(OC(=O)C3CC3)C(C)OC2=O)c1OCOC(=O)C(C)C. The largest absolute Gasteiger partial charge is 0.493 e. The highest BCUT2D eigenvalue weighted by Gasteiger charge is 2.41. The number of nitrogens with one attached hydrogen (secondary N) is 1. The summed E-state index contributed by atoms with van der Waals surface area (Å²) < 4.78 is 34.1. The third-order valence-corrected chi connectivity index (χ3v) is 7.71. The third kappa shape index (κ3) is 8.33. The monoisotopic (exact) mass is 590 g/mol. The van der Waals surface area contributed by atoms with Crippen molar-refractivity contribution in [3.8, 4) is 11.5 Å². The second-order valence-electron chi connectivity index (χ2n) is 11.4. The Labute approximate surface area is 246 Å². The maximum Gasteiger partial charge on any atom is 0.329 e. The number of aromatic nitrogens is 1. The number of esters is 3. The normalized spacial score (nSPS) is 25.0. The Balaban J connectivity index is 1.47. The van der Waals surface area contributed by atoms with Crippen LogP contribution in [-0.4, -0.2) is 73.2 Å². The molecule has 1 amide bonds. The number of hydrogen-bond acceptors (Lipinski definition) is 11. The van der Waals surface area contributed by atoms with Crippen molar-refractivity contribution >= 4 is 23.8 Å². The van der Waals surface area contributed by atoms with Crippen molar-refractivity contribution in [2.24, 2.45) is 11.8 Å². The van der Waals surface area contributed by atoms with Crippen LogP contribution >= 0.6 is 0 Å².